The summed E-state index contributed by atoms with van der Waals surface area (Å²) in [6, 6.07) is 11.7. The highest BCUT2D eigenvalue weighted by Gasteiger charge is 2.09. The molecule has 7 heteroatoms. The maximum Gasteiger partial charge on any atom is 0.271 e. The first kappa shape index (κ1) is 17.3. The van der Waals surface area contributed by atoms with E-state index >= 15 is 0 Å². The van der Waals surface area contributed by atoms with E-state index in [0.29, 0.717) is 23.6 Å². The number of nitrogens with zero attached hydrogens (tertiary/aromatic N) is 2. The van der Waals surface area contributed by atoms with Gasteiger partial charge in [-0.25, -0.2) is 0 Å². The number of nitro groups is 1. The molecule has 0 radical (unpaired) electrons. The predicted molar refractivity (Wildman–Crippen MR) is 93.1 cm³/mol. The molecule has 0 bridgehead atoms. The Bertz CT molecular complexity index is 759. The number of nitrogens with one attached hydrogen (secondary N) is 1. The van der Waals surface area contributed by atoms with Gasteiger partial charge in [0.1, 0.15) is 0 Å². The Labute approximate surface area is 140 Å². The Kier molecular flexibility index (Phi) is 5.73. The topological polar surface area (TPSA) is 86.0 Å². The average molecular weight is 329 g/mol. The highest BCUT2D eigenvalue weighted by molar-refractivity contribution is 6.01. The van der Waals surface area contributed by atoms with Crippen molar-refractivity contribution in [1.82, 2.24) is 0 Å². The van der Waals surface area contributed by atoms with Crippen molar-refractivity contribution in [3.63, 3.8) is 0 Å². The Hall–Kier alpha value is -3.09. The fourth-order valence-corrected chi connectivity index (χ4v) is 2.18. The lowest BCUT2D eigenvalue weighted by atomic mass is 10.1. The van der Waals surface area contributed by atoms with E-state index in [4.69, 9.17) is 9.47 Å². The minimum Gasteiger partial charge on any atom is -0.493 e. The molecular formula is C17H19N3O4. The fourth-order valence-electron chi connectivity index (χ4n) is 2.18. The zero-order valence-corrected chi connectivity index (χ0v) is 13.8. The van der Waals surface area contributed by atoms with E-state index < -0.39 is 4.92 Å². The molecule has 2 rings (SSSR count). The molecule has 0 unspecified atom stereocenters. The molecule has 0 saturated heterocycles. The van der Waals surface area contributed by atoms with Gasteiger partial charge in [-0.2, -0.15) is 5.10 Å². The second-order valence-corrected chi connectivity index (χ2v) is 4.90. The molecule has 2 aromatic rings. The molecule has 1 N–H and O–H groups in total. The number of nitro benzene ring substituents is 1. The first-order valence-electron chi connectivity index (χ1n) is 7.38. The molecule has 0 heterocycles. The summed E-state index contributed by atoms with van der Waals surface area (Å²) in [4.78, 5) is 10.4. The van der Waals surface area contributed by atoms with Gasteiger partial charge in [-0.3, -0.25) is 15.5 Å². The van der Waals surface area contributed by atoms with Gasteiger partial charge in [-0.1, -0.05) is 13.0 Å². The SMILES string of the molecule is CC/C(=N/Nc1cccc([N+](=O)[O-])c1)c1ccc(OC)c(OC)c1. The van der Waals surface area contributed by atoms with Gasteiger partial charge in [0.15, 0.2) is 11.5 Å². The summed E-state index contributed by atoms with van der Waals surface area (Å²) in [7, 11) is 3.15. The molecule has 0 saturated carbocycles. The van der Waals surface area contributed by atoms with Crippen molar-refractivity contribution in [2.45, 2.75) is 13.3 Å². The number of ether oxygens (including phenoxy) is 2. The van der Waals surface area contributed by atoms with Crippen LogP contribution in [0.1, 0.15) is 18.9 Å². The van der Waals surface area contributed by atoms with E-state index in [1.165, 1.54) is 12.1 Å². The average Bonchev–Trinajstić information content (AvgIpc) is 2.62. The molecule has 0 aliphatic carbocycles. The second-order valence-electron chi connectivity index (χ2n) is 4.90. The van der Waals surface area contributed by atoms with Crippen LogP contribution in [-0.2, 0) is 0 Å². The Morgan fingerprint density at radius 3 is 2.54 bits per heavy atom. The maximum absolute atomic E-state index is 10.8. The van der Waals surface area contributed by atoms with Crippen molar-refractivity contribution in [3.8, 4) is 11.5 Å². The zero-order chi connectivity index (χ0) is 17.5. The molecular weight excluding hydrogens is 310 g/mol. The summed E-state index contributed by atoms with van der Waals surface area (Å²) < 4.78 is 10.5. The van der Waals surface area contributed by atoms with Crippen LogP contribution in [0.2, 0.25) is 0 Å². The van der Waals surface area contributed by atoms with Gasteiger partial charge in [0.05, 0.1) is 30.5 Å². The van der Waals surface area contributed by atoms with Crippen molar-refractivity contribution in [2.24, 2.45) is 5.10 Å². The number of benzene rings is 2. The molecule has 0 atom stereocenters. The van der Waals surface area contributed by atoms with E-state index in [9.17, 15) is 10.1 Å². The fraction of sp³-hybridized carbons (Fsp3) is 0.235. The number of non-ortho nitro benzene ring substituents is 1. The maximum atomic E-state index is 10.8. The minimum absolute atomic E-state index is 0.0133. The van der Waals surface area contributed by atoms with Gasteiger partial charge < -0.3 is 9.47 Å². The molecule has 0 spiro atoms. The summed E-state index contributed by atoms with van der Waals surface area (Å²) >= 11 is 0. The van der Waals surface area contributed by atoms with E-state index in [1.54, 1.807) is 26.4 Å². The van der Waals surface area contributed by atoms with Gasteiger partial charge in [-0.05, 0) is 30.7 Å². The third kappa shape index (κ3) is 4.01. The third-order valence-electron chi connectivity index (χ3n) is 3.43. The third-order valence-corrected chi connectivity index (χ3v) is 3.43. The molecule has 2 aromatic carbocycles. The van der Waals surface area contributed by atoms with Crippen LogP contribution in [0.15, 0.2) is 47.6 Å². The van der Waals surface area contributed by atoms with Crippen LogP contribution in [0.25, 0.3) is 0 Å². The van der Waals surface area contributed by atoms with Gasteiger partial charge in [-0.15, -0.1) is 0 Å². The summed E-state index contributed by atoms with van der Waals surface area (Å²) in [6.45, 7) is 1.98. The van der Waals surface area contributed by atoms with Crippen LogP contribution in [0.4, 0.5) is 11.4 Å². The van der Waals surface area contributed by atoms with E-state index in [2.05, 4.69) is 10.5 Å². The lowest BCUT2D eigenvalue weighted by Crippen LogP contribution is -2.04. The van der Waals surface area contributed by atoms with Crippen LogP contribution in [0.3, 0.4) is 0 Å². The number of methoxy groups -OCH3 is 2. The van der Waals surface area contributed by atoms with Crippen LogP contribution in [0.5, 0.6) is 11.5 Å². The first-order chi connectivity index (χ1) is 11.6. The summed E-state index contributed by atoms with van der Waals surface area (Å²) in [5.41, 5.74) is 5.11. The Morgan fingerprint density at radius 1 is 1.17 bits per heavy atom. The summed E-state index contributed by atoms with van der Waals surface area (Å²) in [5.74, 6) is 1.26. The number of hydrazone groups is 1. The largest absolute Gasteiger partial charge is 0.493 e. The molecule has 0 fully saturated rings. The highest BCUT2D eigenvalue weighted by atomic mass is 16.6. The van der Waals surface area contributed by atoms with Crippen LogP contribution in [-0.4, -0.2) is 24.9 Å². The quantitative estimate of drug-likeness (QED) is 0.474. The molecule has 0 aromatic heterocycles. The van der Waals surface area contributed by atoms with E-state index in [1.807, 2.05) is 25.1 Å². The standard InChI is InChI=1S/C17H19N3O4/c1-4-15(12-8-9-16(23-2)17(10-12)24-3)19-18-13-6-5-7-14(11-13)20(21)22/h5-11,18H,4H2,1-3H3/b19-15-. The monoisotopic (exact) mass is 329 g/mol. The van der Waals surface area contributed by atoms with Gasteiger partial charge >= 0.3 is 0 Å². The molecule has 0 amide bonds. The molecule has 126 valence electrons. The normalized spacial score (nSPS) is 11.0. The van der Waals surface area contributed by atoms with Gasteiger partial charge in [0, 0.05) is 17.7 Å². The van der Waals surface area contributed by atoms with Gasteiger partial charge in [0.25, 0.3) is 5.69 Å². The minimum atomic E-state index is -0.441. The summed E-state index contributed by atoms with van der Waals surface area (Å²) in [5, 5.41) is 15.2. The summed E-state index contributed by atoms with van der Waals surface area (Å²) in [6.07, 6.45) is 0.678. The number of hydrogen-bond donors (Lipinski definition) is 1. The van der Waals surface area contributed by atoms with Crippen LogP contribution >= 0.6 is 0 Å². The van der Waals surface area contributed by atoms with E-state index in [-0.39, 0.29) is 5.69 Å². The van der Waals surface area contributed by atoms with Crippen molar-refractivity contribution < 1.29 is 14.4 Å². The van der Waals surface area contributed by atoms with Crippen molar-refractivity contribution in [2.75, 3.05) is 19.6 Å². The van der Waals surface area contributed by atoms with Crippen molar-refractivity contribution in [3.05, 3.63) is 58.1 Å². The van der Waals surface area contributed by atoms with Gasteiger partial charge in [0.2, 0.25) is 0 Å². The first-order valence-corrected chi connectivity index (χ1v) is 7.38. The highest BCUT2D eigenvalue weighted by Crippen LogP contribution is 2.28. The number of hydrogen-bond acceptors (Lipinski definition) is 6. The van der Waals surface area contributed by atoms with E-state index in [0.717, 1.165) is 11.3 Å². The van der Waals surface area contributed by atoms with Crippen molar-refractivity contribution in [1.29, 1.82) is 0 Å². The molecule has 24 heavy (non-hydrogen) atoms. The van der Waals surface area contributed by atoms with Crippen LogP contribution in [0, 0.1) is 10.1 Å². The Morgan fingerprint density at radius 2 is 1.92 bits per heavy atom. The van der Waals surface area contributed by atoms with Crippen molar-refractivity contribution >= 4 is 17.1 Å². The number of anilines is 1. The zero-order valence-electron chi connectivity index (χ0n) is 13.8. The lowest BCUT2D eigenvalue weighted by Gasteiger charge is -2.11. The van der Waals surface area contributed by atoms with Crippen LogP contribution < -0.4 is 14.9 Å². The second kappa shape index (κ2) is 7.96. The molecule has 0 aliphatic heterocycles. The smallest absolute Gasteiger partial charge is 0.271 e. The lowest BCUT2D eigenvalue weighted by molar-refractivity contribution is -0.384. The predicted octanol–water partition coefficient (Wildman–Crippen LogP) is 3.84. The molecule has 0 aliphatic rings. The Balaban J connectivity index is 2.26. The molecule has 7 nitrogen and oxygen atoms in total. The number of rotatable bonds is 7.